The summed E-state index contributed by atoms with van der Waals surface area (Å²) in [5, 5.41) is 0. The van der Waals surface area contributed by atoms with Crippen LogP contribution in [0.3, 0.4) is 0 Å². The first-order valence-electron chi connectivity index (χ1n) is 5.54. The van der Waals surface area contributed by atoms with Gasteiger partial charge in [0.2, 0.25) is 5.95 Å². The Hall–Kier alpha value is -1.63. The van der Waals surface area contributed by atoms with Crippen molar-refractivity contribution in [2.24, 2.45) is 0 Å². The van der Waals surface area contributed by atoms with E-state index < -0.39 is 0 Å². The Balaban J connectivity index is 2.63. The molecule has 0 aromatic carbocycles. The van der Waals surface area contributed by atoms with Crippen LogP contribution in [-0.2, 0) is 4.74 Å². The SMILES string of the molecule is CCOCC(C)Oc1nc(N)nc(OCC)n1. The van der Waals surface area contributed by atoms with Crippen LogP contribution in [0.25, 0.3) is 0 Å². The van der Waals surface area contributed by atoms with Gasteiger partial charge in [-0.05, 0) is 20.8 Å². The van der Waals surface area contributed by atoms with Crippen molar-refractivity contribution in [1.82, 2.24) is 15.0 Å². The molecule has 0 spiro atoms. The quantitative estimate of drug-likeness (QED) is 0.750. The molecule has 0 saturated carbocycles. The molecule has 1 atom stereocenters. The molecule has 1 rings (SSSR count). The Labute approximate surface area is 100 Å². The van der Waals surface area contributed by atoms with Crippen molar-refractivity contribution in [2.45, 2.75) is 26.9 Å². The van der Waals surface area contributed by atoms with Crippen LogP contribution in [0.15, 0.2) is 0 Å². The molecule has 1 aromatic heterocycles. The van der Waals surface area contributed by atoms with E-state index in [-0.39, 0.29) is 24.1 Å². The second kappa shape index (κ2) is 6.85. The van der Waals surface area contributed by atoms with Crippen LogP contribution in [0.4, 0.5) is 5.95 Å². The molecule has 0 fully saturated rings. The summed E-state index contributed by atoms with van der Waals surface area (Å²) >= 11 is 0. The molecule has 0 bridgehead atoms. The lowest BCUT2D eigenvalue weighted by Crippen LogP contribution is -2.21. The molecule has 1 aromatic rings. The molecule has 0 radical (unpaired) electrons. The largest absolute Gasteiger partial charge is 0.464 e. The van der Waals surface area contributed by atoms with E-state index in [2.05, 4.69) is 15.0 Å². The van der Waals surface area contributed by atoms with Gasteiger partial charge in [-0.25, -0.2) is 0 Å². The van der Waals surface area contributed by atoms with Crippen LogP contribution >= 0.6 is 0 Å². The third-order valence-corrected chi connectivity index (χ3v) is 1.75. The van der Waals surface area contributed by atoms with Gasteiger partial charge in [0.25, 0.3) is 0 Å². The van der Waals surface area contributed by atoms with Crippen LogP contribution in [0.1, 0.15) is 20.8 Å². The molecular formula is C10H18N4O3. The maximum absolute atomic E-state index is 5.51. The first kappa shape index (κ1) is 13.4. The summed E-state index contributed by atoms with van der Waals surface area (Å²) in [5.74, 6) is 0.0714. The normalized spacial score (nSPS) is 12.2. The molecule has 1 heterocycles. The molecule has 2 N–H and O–H groups in total. The fourth-order valence-corrected chi connectivity index (χ4v) is 1.10. The minimum absolute atomic E-state index is 0.0714. The average molecular weight is 242 g/mol. The van der Waals surface area contributed by atoms with Crippen molar-refractivity contribution in [3.8, 4) is 12.0 Å². The van der Waals surface area contributed by atoms with Gasteiger partial charge in [-0.3, -0.25) is 0 Å². The van der Waals surface area contributed by atoms with Crippen LogP contribution in [0, 0.1) is 0 Å². The number of rotatable bonds is 7. The second-order valence-electron chi connectivity index (χ2n) is 3.28. The summed E-state index contributed by atoms with van der Waals surface area (Å²) in [5.41, 5.74) is 5.51. The fraction of sp³-hybridized carbons (Fsp3) is 0.700. The van der Waals surface area contributed by atoms with E-state index in [1.807, 2.05) is 20.8 Å². The maximum atomic E-state index is 5.51. The van der Waals surface area contributed by atoms with Crippen LogP contribution in [0.5, 0.6) is 12.0 Å². The Morgan fingerprint density at radius 1 is 1.12 bits per heavy atom. The summed E-state index contributed by atoms with van der Waals surface area (Å²) in [6, 6.07) is 0.312. The number of nitrogens with two attached hydrogens (primary N) is 1. The first-order chi connectivity index (χ1) is 8.15. The van der Waals surface area contributed by atoms with E-state index in [1.165, 1.54) is 0 Å². The minimum atomic E-state index is -0.161. The van der Waals surface area contributed by atoms with Crippen LogP contribution in [-0.4, -0.2) is 40.9 Å². The van der Waals surface area contributed by atoms with Gasteiger partial charge in [0, 0.05) is 6.61 Å². The van der Waals surface area contributed by atoms with Crippen molar-refractivity contribution in [3.05, 3.63) is 0 Å². The van der Waals surface area contributed by atoms with E-state index in [1.54, 1.807) is 0 Å². The van der Waals surface area contributed by atoms with E-state index in [0.717, 1.165) is 0 Å². The van der Waals surface area contributed by atoms with Gasteiger partial charge >= 0.3 is 12.0 Å². The lowest BCUT2D eigenvalue weighted by atomic mass is 10.4. The van der Waals surface area contributed by atoms with Crippen molar-refractivity contribution in [2.75, 3.05) is 25.6 Å². The third-order valence-electron chi connectivity index (χ3n) is 1.75. The number of ether oxygens (including phenoxy) is 3. The molecule has 0 aliphatic heterocycles. The monoisotopic (exact) mass is 242 g/mol. The number of anilines is 1. The van der Waals surface area contributed by atoms with E-state index in [0.29, 0.717) is 19.8 Å². The number of hydrogen-bond donors (Lipinski definition) is 1. The number of aromatic nitrogens is 3. The van der Waals surface area contributed by atoms with E-state index >= 15 is 0 Å². The van der Waals surface area contributed by atoms with Crippen molar-refractivity contribution in [3.63, 3.8) is 0 Å². The highest BCUT2D eigenvalue weighted by Gasteiger charge is 2.10. The highest BCUT2D eigenvalue weighted by molar-refractivity contribution is 5.20. The van der Waals surface area contributed by atoms with Gasteiger partial charge in [-0.1, -0.05) is 0 Å². The molecule has 0 aliphatic carbocycles. The molecule has 7 heteroatoms. The Morgan fingerprint density at radius 2 is 1.82 bits per heavy atom. The predicted molar refractivity (Wildman–Crippen MR) is 62.0 cm³/mol. The maximum Gasteiger partial charge on any atom is 0.324 e. The van der Waals surface area contributed by atoms with Crippen LogP contribution in [0.2, 0.25) is 0 Å². The van der Waals surface area contributed by atoms with Gasteiger partial charge in [-0.15, -0.1) is 4.98 Å². The zero-order chi connectivity index (χ0) is 12.7. The first-order valence-corrected chi connectivity index (χ1v) is 5.54. The zero-order valence-electron chi connectivity index (χ0n) is 10.3. The summed E-state index contributed by atoms with van der Waals surface area (Å²) in [6.07, 6.45) is -0.161. The molecule has 1 unspecified atom stereocenters. The molecular weight excluding hydrogens is 224 g/mol. The Kier molecular flexibility index (Phi) is 5.41. The molecule has 17 heavy (non-hydrogen) atoms. The number of hydrogen-bond acceptors (Lipinski definition) is 7. The summed E-state index contributed by atoms with van der Waals surface area (Å²) < 4.78 is 15.8. The lowest BCUT2D eigenvalue weighted by Gasteiger charge is -2.13. The molecule has 96 valence electrons. The van der Waals surface area contributed by atoms with Crippen molar-refractivity contribution in [1.29, 1.82) is 0 Å². The minimum Gasteiger partial charge on any atom is -0.464 e. The molecule has 0 aliphatic rings. The summed E-state index contributed by atoms with van der Waals surface area (Å²) in [4.78, 5) is 11.6. The average Bonchev–Trinajstić information content (AvgIpc) is 2.26. The van der Waals surface area contributed by atoms with Crippen LogP contribution < -0.4 is 15.2 Å². The molecule has 0 amide bonds. The highest BCUT2D eigenvalue weighted by atomic mass is 16.5. The number of nitrogens with zero attached hydrogens (tertiary/aromatic N) is 3. The predicted octanol–water partition coefficient (Wildman–Crippen LogP) is 0.656. The van der Waals surface area contributed by atoms with E-state index in [4.69, 9.17) is 19.9 Å². The third kappa shape index (κ3) is 4.81. The molecule has 0 saturated heterocycles. The number of nitrogen functional groups attached to an aromatic ring is 1. The fourth-order valence-electron chi connectivity index (χ4n) is 1.10. The van der Waals surface area contributed by atoms with Gasteiger partial charge in [-0.2, -0.15) is 9.97 Å². The Morgan fingerprint density at radius 3 is 2.47 bits per heavy atom. The summed E-state index contributed by atoms with van der Waals surface area (Å²) in [6.45, 7) is 7.16. The van der Waals surface area contributed by atoms with Gasteiger partial charge in [0.15, 0.2) is 0 Å². The van der Waals surface area contributed by atoms with Crippen molar-refractivity contribution < 1.29 is 14.2 Å². The molecule has 7 nitrogen and oxygen atoms in total. The van der Waals surface area contributed by atoms with Gasteiger partial charge in [0.05, 0.1) is 13.2 Å². The van der Waals surface area contributed by atoms with Gasteiger partial charge < -0.3 is 19.9 Å². The topological polar surface area (TPSA) is 92.4 Å². The smallest absolute Gasteiger partial charge is 0.324 e. The standard InChI is InChI=1S/C10H18N4O3/c1-4-15-6-7(3)17-10-13-8(11)12-9(14-10)16-5-2/h7H,4-6H2,1-3H3,(H2,11,12,13,14). The van der Waals surface area contributed by atoms with E-state index in [9.17, 15) is 0 Å². The second-order valence-corrected chi connectivity index (χ2v) is 3.28. The zero-order valence-corrected chi connectivity index (χ0v) is 10.3. The van der Waals surface area contributed by atoms with Crippen molar-refractivity contribution >= 4 is 5.95 Å². The summed E-state index contributed by atoms with van der Waals surface area (Å²) in [7, 11) is 0. The lowest BCUT2D eigenvalue weighted by molar-refractivity contribution is 0.0601. The highest BCUT2D eigenvalue weighted by Crippen LogP contribution is 2.12. The van der Waals surface area contributed by atoms with Gasteiger partial charge in [0.1, 0.15) is 6.10 Å². The Bertz CT molecular complexity index is 348.